The highest BCUT2D eigenvalue weighted by Gasteiger charge is 2.13. The first-order valence-electron chi connectivity index (χ1n) is 8.98. The Morgan fingerprint density at radius 2 is 1.83 bits per heavy atom. The van der Waals surface area contributed by atoms with Crippen molar-refractivity contribution in [2.45, 2.75) is 6.54 Å². The van der Waals surface area contributed by atoms with Crippen LogP contribution in [0.2, 0.25) is 5.02 Å². The van der Waals surface area contributed by atoms with Gasteiger partial charge in [-0.3, -0.25) is 0 Å². The minimum absolute atomic E-state index is 0.310. The van der Waals surface area contributed by atoms with E-state index in [9.17, 15) is 9.18 Å². The molecule has 0 saturated heterocycles. The lowest BCUT2D eigenvalue weighted by molar-refractivity contribution is 0.251. The van der Waals surface area contributed by atoms with E-state index in [1.165, 1.54) is 12.1 Å². The number of benzene rings is 2. The molecular formula is C21H17ClFN5O. The second-order valence-corrected chi connectivity index (χ2v) is 6.76. The van der Waals surface area contributed by atoms with Gasteiger partial charge < -0.3 is 15.2 Å². The smallest absolute Gasteiger partial charge is 0.319 e. The zero-order chi connectivity index (χ0) is 20.2. The summed E-state index contributed by atoms with van der Waals surface area (Å²) in [5.74, 6) is 0.355. The van der Waals surface area contributed by atoms with Crippen molar-refractivity contribution >= 4 is 34.5 Å². The molecule has 0 aliphatic carbocycles. The van der Waals surface area contributed by atoms with Gasteiger partial charge in [0, 0.05) is 35.6 Å². The molecule has 2 aromatic heterocycles. The number of pyridine rings is 1. The van der Waals surface area contributed by atoms with E-state index in [1.807, 2.05) is 16.7 Å². The second kappa shape index (κ2) is 8.28. The summed E-state index contributed by atoms with van der Waals surface area (Å²) in [5, 5.41) is 6.17. The number of carbonyl (C=O) groups excluding carboxylic acids is 1. The maximum absolute atomic E-state index is 13.3. The molecule has 0 fully saturated rings. The number of anilines is 1. The van der Waals surface area contributed by atoms with Gasteiger partial charge in [-0.1, -0.05) is 11.6 Å². The summed E-state index contributed by atoms with van der Waals surface area (Å²) in [6, 6.07) is 16.3. The lowest BCUT2D eigenvalue weighted by Gasteiger charge is -2.11. The number of hydrogen-bond donors (Lipinski definition) is 2. The average Bonchev–Trinajstić information content (AvgIpc) is 3.09. The van der Waals surface area contributed by atoms with Crippen LogP contribution in [-0.2, 0) is 6.54 Å². The molecule has 29 heavy (non-hydrogen) atoms. The van der Waals surface area contributed by atoms with Crippen molar-refractivity contribution in [3.8, 4) is 11.4 Å². The Hall–Kier alpha value is -3.45. The number of nitrogens with zero attached hydrogens (tertiary/aromatic N) is 3. The monoisotopic (exact) mass is 409 g/mol. The molecule has 0 aliphatic heterocycles. The normalized spacial score (nSPS) is 10.8. The molecular weight excluding hydrogens is 393 g/mol. The molecule has 0 unspecified atom stereocenters. The SMILES string of the molecule is O=C(NCCn1c(-c2ccc(F)cc2)nc2cccnc21)Nc1ccc(Cl)cc1. The maximum atomic E-state index is 13.3. The van der Waals surface area contributed by atoms with Gasteiger partial charge in [-0.2, -0.15) is 0 Å². The molecule has 0 radical (unpaired) electrons. The van der Waals surface area contributed by atoms with E-state index >= 15 is 0 Å². The van der Waals surface area contributed by atoms with Crippen LogP contribution in [0.4, 0.5) is 14.9 Å². The van der Waals surface area contributed by atoms with Crippen molar-refractivity contribution in [3.63, 3.8) is 0 Å². The first-order valence-corrected chi connectivity index (χ1v) is 9.35. The highest BCUT2D eigenvalue weighted by atomic mass is 35.5. The van der Waals surface area contributed by atoms with E-state index in [4.69, 9.17) is 11.6 Å². The Kier molecular flexibility index (Phi) is 5.39. The zero-order valence-corrected chi connectivity index (χ0v) is 16.0. The van der Waals surface area contributed by atoms with Crippen LogP contribution in [-0.4, -0.2) is 27.1 Å². The zero-order valence-electron chi connectivity index (χ0n) is 15.3. The lowest BCUT2D eigenvalue weighted by atomic mass is 10.2. The third-order valence-corrected chi connectivity index (χ3v) is 4.58. The third kappa shape index (κ3) is 4.35. The van der Waals surface area contributed by atoms with E-state index < -0.39 is 0 Å². The van der Waals surface area contributed by atoms with Gasteiger partial charge in [-0.15, -0.1) is 0 Å². The standard InChI is InChI=1S/C21H17ClFN5O/c22-15-5-9-17(10-6-15)26-21(29)25-12-13-28-19(14-3-7-16(23)8-4-14)27-18-2-1-11-24-20(18)28/h1-11H,12-13H2,(H2,25,26,29). The van der Waals surface area contributed by atoms with Crippen molar-refractivity contribution in [1.29, 1.82) is 0 Å². The Morgan fingerprint density at radius 1 is 1.07 bits per heavy atom. The van der Waals surface area contributed by atoms with Crippen molar-refractivity contribution in [1.82, 2.24) is 19.9 Å². The molecule has 2 heterocycles. The van der Waals surface area contributed by atoms with Crippen LogP contribution in [0.5, 0.6) is 0 Å². The van der Waals surface area contributed by atoms with Gasteiger partial charge in [0.2, 0.25) is 0 Å². The predicted molar refractivity (Wildman–Crippen MR) is 111 cm³/mol. The summed E-state index contributed by atoms with van der Waals surface area (Å²) in [7, 11) is 0. The largest absolute Gasteiger partial charge is 0.336 e. The molecule has 2 amide bonds. The molecule has 4 aromatic rings. The molecule has 8 heteroatoms. The van der Waals surface area contributed by atoms with Gasteiger partial charge in [0.05, 0.1) is 0 Å². The van der Waals surface area contributed by atoms with Crippen molar-refractivity contribution < 1.29 is 9.18 Å². The topological polar surface area (TPSA) is 71.8 Å². The quantitative estimate of drug-likeness (QED) is 0.501. The first kappa shape index (κ1) is 18.9. The number of urea groups is 1. The van der Waals surface area contributed by atoms with Crippen LogP contribution < -0.4 is 10.6 Å². The fourth-order valence-electron chi connectivity index (χ4n) is 2.98. The minimum atomic E-state index is -0.326. The number of carbonyl (C=O) groups is 1. The summed E-state index contributed by atoms with van der Waals surface area (Å²) < 4.78 is 15.2. The van der Waals surface area contributed by atoms with E-state index in [1.54, 1.807) is 42.6 Å². The highest BCUT2D eigenvalue weighted by molar-refractivity contribution is 6.30. The fraction of sp³-hybridized carbons (Fsp3) is 0.0952. The number of imidazole rings is 1. The third-order valence-electron chi connectivity index (χ3n) is 4.33. The van der Waals surface area contributed by atoms with E-state index in [0.29, 0.717) is 35.3 Å². The average molecular weight is 410 g/mol. The molecule has 2 aromatic carbocycles. The Bertz CT molecular complexity index is 1140. The molecule has 0 spiro atoms. The first-order chi connectivity index (χ1) is 14.1. The number of amides is 2. The number of halogens is 2. The minimum Gasteiger partial charge on any atom is -0.336 e. The van der Waals surface area contributed by atoms with Crippen LogP contribution in [0.15, 0.2) is 66.9 Å². The summed E-state index contributed by atoms with van der Waals surface area (Å²) in [6.07, 6.45) is 1.69. The number of rotatable bonds is 5. The van der Waals surface area contributed by atoms with Crippen LogP contribution in [0.25, 0.3) is 22.6 Å². The molecule has 0 saturated carbocycles. The van der Waals surface area contributed by atoms with Gasteiger partial charge >= 0.3 is 6.03 Å². The van der Waals surface area contributed by atoms with E-state index in [2.05, 4.69) is 20.6 Å². The summed E-state index contributed by atoms with van der Waals surface area (Å²) in [5.41, 5.74) is 2.85. The van der Waals surface area contributed by atoms with Crippen molar-refractivity contribution in [2.24, 2.45) is 0 Å². The number of fused-ring (bicyclic) bond motifs is 1. The van der Waals surface area contributed by atoms with Gasteiger partial charge in [0.15, 0.2) is 5.65 Å². The van der Waals surface area contributed by atoms with Crippen molar-refractivity contribution in [3.05, 3.63) is 77.7 Å². The molecule has 0 aliphatic rings. The molecule has 0 bridgehead atoms. The summed E-state index contributed by atoms with van der Waals surface area (Å²) in [6.45, 7) is 0.809. The Morgan fingerprint density at radius 3 is 2.59 bits per heavy atom. The van der Waals surface area contributed by atoms with E-state index in [0.717, 1.165) is 11.1 Å². The lowest BCUT2D eigenvalue weighted by Crippen LogP contribution is -2.31. The molecule has 4 rings (SSSR count). The highest BCUT2D eigenvalue weighted by Crippen LogP contribution is 2.23. The Balaban J connectivity index is 1.49. The second-order valence-electron chi connectivity index (χ2n) is 6.33. The predicted octanol–water partition coefficient (Wildman–Crippen LogP) is 4.71. The summed E-state index contributed by atoms with van der Waals surface area (Å²) in [4.78, 5) is 21.2. The Labute approximate surface area is 171 Å². The van der Waals surface area contributed by atoms with Gasteiger partial charge in [-0.25, -0.2) is 19.2 Å². The van der Waals surface area contributed by atoms with Gasteiger partial charge in [0.1, 0.15) is 17.2 Å². The van der Waals surface area contributed by atoms with E-state index in [-0.39, 0.29) is 11.8 Å². The molecule has 146 valence electrons. The van der Waals surface area contributed by atoms with Crippen LogP contribution >= 0.6 is 11.6 Å². The number of nitrogens with one attached hydrogen (secondary N) is 2. The van der Waals surface area contributed by atoms with Gasteiger partial charge in [-0.05, 0) is 60.7 Å². The molecule has 6 nitrogen and oxygen atoms in total. The number of aromatic nitrogens is 3. The van der Waals surface area contributed by atoms with Gasteiger partial charge in [0.25, 0.3) is 0 Å². The van der Waals surface area contributed by atoms with Crippen LogP contribution in [0.1, 0.15) is 0 Å². The molecule has 0 atom stereocenters. The number of hydrogen-bond acceptors (Lipinski definition) is 3. The van der Waals surface area contributed by atoms with Crippen LogP contribution in [0, 0.1) is 5.82 Å². The molecule has 2 N–H and O–H groups in total. The fourth-order valence-corrected chi connectivity index (χ4v) is 3.11. The van der Waals surface area contributed by atoms with Crippen molar-refractivity contribution in [2.75, 3.05) is 11.9 Å². The maximum Gasteiger partial charge on any atom is 0.319 e. The summed E-state index contributed by atoms with van der Waals surface area (Å²) >= 11 is 5.85. The van der Waals surface area contributed by atoms with Crippen LogP contribution in [0.3, 0.4) is 0 Å².